The van der Waals surface area contributed by atoms with E-state index >= 15 is 0 Å². The Bertz CT molecular complexity index is 1890. The van der Waals surface area contributed by atoms with E-state index in [4.69, 9.17) is 0 Å². The molecule has 2 N–H and O–H groups in total. The second-order valence-electron chi connectivity index (χ2n) is 10.9. The Labute approximate surface area is 280 Å². The van der Waals surface area contributed by atoms with Crippen LogP contribution in [0.4, 0.5) is 10.8 Å². The second-order valence-corrected chi connectivity index (χ2v) is 15.9. The molecule has 3 aromatic carbocycles. The molecule has 0 aliphatic rings. The molecular formula is C33H39N5O6S3. The molecule has 0 saturated carbocycles. The Morgan fingerprint density at radius 1 is 0.681 bits per heavy atom. The molecule has 0 aliphatic carbocycles. The van der Waals surface area contributed by atoms with Gasteiger partial charge in [-0.05, 0) is 73.5 Å². The molecule has 0 fully saturated rings. The lowest BCUT2D eigenvalue weighted by molar-refractivity contribution is 0.101. The third kappa shape index (κ3) is 8.90. The number of carbonyl (C=O) groups is 2. The first-order valence-corrected chi connectivity index (χ1v) is 18.9. The second kappa shape index (κ2) is 15.8. The Morgan fingerprint density at radius 3 is 1.57 bits per heavy atom. The van der Waals surface area contributed by atoms with E-state index in [9.17, 15) is 26.4 Å². The van der Waals surface area contributed by atoms with E-state index in [-0.39, 0.29) is 15.7 Å². The average Bonchev–Trinajstić information content (AvgIpc) is 3.54. The van der Waals surface area contributed by atoms with Gasteiger partial charge in [0.1, 0.15) is 0 Å². The van der Waals surface area contributed by atoms with E-state index in [1.807, 2.05) is 13.8 Å². The maximum Gasteiger partial charge on any atom is 0.257 e. The monoisotopic (exact) mass is 697 g/mol. The SMILES string of the molecule is CCCCN(C)S(=O)(=O)c1ccc(C(=O)Nc2ccc(-c3csc(NC(=O)c4ccc(S(=O)(=O)N(C)CCCC)cc4)n3)cc2)cc1. The number of rotatable bonds is 15. The Balaban J connectivity index is 1.34. The summed E-state index contributed by atoms with van der Waals surface area (Å²) in [5, 5.41) is 7.73. The first kappa shape index (κ1) is 35.9. The molecule has 0 saturated heterocycles. The highest BCUT2D eigenvalue weighted by Crippen LogP contribution is 2.27. The minimum atomic E-state index is -3.63. The number of carbonyl (C=O) groups excluding carboxylic acids is 2. The summed E-state index contributed by atoms with van der Waals surface area (Å²) in [4.78, 5) is 30.4. The summed E-state index contributed by atoms with van der Waals surface area (Å²) in [5.74, 6) is -0.796. The minimum Gasteiger partial charge on any atom is -0.322 e. The summed E-state index contributed by atoms with van der Waals surface area (Å²) in [7, 11) is -4.16. The van der Waals surface area contributed by atoms with Gasteiger partial charge in [0.05, 0.1) is 15.5 Å². The number of nitrogens with zero attached hydrogens (tertiary/aromatic N) is 3. The van der Waals surface area contributed by atoms with Gasteiger partial charge in [0, 0.05) is 54.9 Å². The van der Waals surface area contributed by atoms with Crippen molar-refractivity contribution in [2.24, 2.45) is 0 Å². The topological polar surface area (TPSA) is 146 Å². The number of aromatic nitrogens is 1. The number of nitrogens with one attached hydrogen (secondary N) is 2. The number of amides is 2. The fourth-order valence-electron chi connectivity index (χ4n) is 4.48. The van der Waals surface area contributed by atoms with Crippen LogP contribution < -0.4 is 10.6 Å². The van der Waals surface area contributed by atoms with Crippen LogP contribution in [0.3, 0.4) is 0 Å². The number of unbranched alkanes of at least 4 members (excludes halogenated alkanes) is 2. The van der Waals surface area contributed by atoms with Crippen LogP contribution in [0.2, 0.25) is 0 Å². The summed E-state index contributed by atoms with van der Waals surface area (Å²) in [6, 6.07) is 18.7. The van der Waals surface area contributed by atoms with Crippen LogP contribution in [0.1, 0.15) is 60.2 Å². The van der Waals surface area contributed by atoms with Crippen molar-refractivity contribution in [2.45, 2.75) is 49.3 Å². The maximum atomic E-state index is 12.8. The van der Waals surface area contributed by atoms with Crippen molar-refractivity contribution in [3.05, 3.63) is 89.3 Å². The average molecular weight is 698 g/mol. The number of benzene rings is 3. The molecule has 0 spiro atoms. The summed E-state index contributed by atoms with van der Waals surface area (Å²) >= 11 is 1.25. The highest BCUT2D eigenvalue weighted by atomic mass is 32.2. The summed E-state index contributed by atoms with van der Waals surface area (Å²) < 4.78 is 53.6. The van der Waals surface area contributed by atoms with E-state index in [0.717, 1.165) is 31.2 Å². The number of sulfonamides is 2. The lowest BCUT2D eigenvalue weighted by Crippen LogP contribution is -2.28. The number of anilines is 2. The van der Waals surface area contributed by atoms with Crippen LogP contribution >= 0.6 is 11.3 Å². The molecule has 4 aromatic rings. The molecule has 0 atom stereocenters. The quantitative estimate of drug-likeness (QED) is 0.151. The van der Waals surface area contributed by atoms with Crippen LogP contribution in [-0.2, 0) is 20.0 Å². The molecule has 2 amide bonds. The van der Waals surface area contributed by atoms with Gasteiger partial charge >= 0.3 is 0 Å². The standard InChI is InChI=1S/C33H39N5O6S3/c1-5-7-21-37(3)46(41,42)28-17-11-25(12-18-28)31(39)34-27-15-9-24(10-16-27)30-23-45-33(35-30)36-32(40)26-13-19-29(20-14-26)47(43,44)38(4)22-8-6-2/h9-20,23H,5-8,21-22H2,1-4H3,(H,34,39)(H,35,36,40). The molecule has 14 heteroatoms. The summed E-state index contributed by atoms with van der Waals surface area (Å²) in [6.07, 6.45) is 3.29. The number of hydrogen-bond acceptors (Lipinski definition) is 8. The first-order valence-electron chi connectivity index (χ1n) is 15.2. The van der Waals surface area contributed by atoms with Gasteiger partial charge in [0.25, 0.3) is 11.8 Å². The van der Waals surface area contributed by atoms with Crippen molar-refractivity contribution in [2.75, 3.05) is 37.8 Å². The zero-order chi connectivity index (χ0) is 34.2. The molecule has 11 nitrogen and oxygen atoms in total. The molecule has 250 valence electrons. The normalized spacial score (nSPS) is 12.0. The summed E-state index contributed by atoms with van der Waals surface area (Å²) in [6.45, 7) is 4.84. The van der Waals surface area contributed by atoms with Crippen LogP contribution in [-0.4, -0.2) is 69.4 Å². The summed E-state index contributed by atoms with van der Waals surface area (Å²) in [5.41, 5.74) is 2.55. The highest BCUT2D eigenvalue weighted by Gasteiger charge is 2.22. The Hall–Kier alpha value is -3.95. The van der Waals surface area contributed by atoms with E-state index in [0.29, 0.717) is 40.7 Å². The van der Waals surface area contributed by atoms with Crippen molar-refractivity contribution in [1.29, 1.82) is 0 Å². The lowest BCUT2D eigenvalue weighted by Gasteiger charge is -2.17. The van der Waals surface area contributed by atoms with Gasteiger partial charge in [-0.25, -0.2) is 30.4 Å². The first-order chi connectivity index (χ1) is 22.4. The van der Waals surface area contributed by atoms with Gasteiger partial charge in [0.15, 0.2) is 5.13 Å². The fourth-order valence-corrected chi connectivity index (χ4v) is 7.61. The third-order valence-electron chi connectivity index (χ3n) is 7.47. The van der Waals surface area contributed by atoms with E-state index < -0.39 is 26.0 Å². The van der Waals surface area contributed by atoms with Gasteiger partial charge in [-0.3, -0.25) is 14.9 Å². The van der Waals surface area contributed by atoms with Crippen molar-refractivity contribution in [3.8, 4) is 11.3 Å². The van der Waals surface area contributed by atoms with Crippen molar-refractivity contribution in [3.63, 3.8) is 0 Å². The Morgan fingerprint density at radius 2 is 1.13 bits per heavy atom. The molecule has 0 aliphatic heterocycles. The van der Waals surface area contributed by atoms with E-state index in [2.05, 4.69) is 15.6 Å². The van der Waals surface area contributed by atoms with Crippen molar-refractivity contribution in [1.82, 2.24) is 13.6 Å². The minimum absolute atomic E-state index is 0.124. The van der Waals surface area contributed by atoms with Crippen molar-refractivity contribution >= 4 is 54.0 Å². The molecule has 1 heterocycles. The molecular weight excluding hydrogens is 659 g/mol. The Kier molecular flexibility index (Phi) is 12.0. The van der Waals surface area contributed by atoms with Gasteiger partial charge in [0.2, 0.25) is 20.0 Å². The van der Waals surface area contributed by atoms with E-state index in [1.54, 1.807) is 43.7 Å². The molecule has 0 bridgehead atoms. The van der Waals surface area contributed by atoms with Gasteiger partial charge in [-0.1, -0.05) is 38.8 Å². The van der Waals surface area contributed by atoms with Crippen LogP contribution in [0.5, 0.6) is 0 Å². The van der Waals surface area contributed by atoms with E-state index in [1.165, 1.54) is 68.5 Å². The zero-order valence-corrected chi connectivity index (χ0v) is 29.2. The lowest BCUT2D eigenvalue weighted by atomic mass is 10.1. The zero-order valence-electron chi connectivity index (χ0n) is 26.8. The molecule has 4 rings (SSSR count). The largest absolute Gasteiger partial charge is 0.322 e. The fraction of sp³-hybridized carbons (Fsp3) is 0.303. The number of thiazole rings is 1. The smallest absolute Gasteiger partial charge is 0.257 e. The molecule has 0 radical (unpaired) electrons. The van der Waals surface area contributed by atoms with Crippen LogP contribution in [0, 0.1) is 0 Å². The van der Waals surface area contributed by atoms with Crippen LogP contribution in [0.25, 0.3) is 11.3 Å². The molecule has 1 aromatic heterocycles. The van der Waals surface area contributed by atoms with Gasteiger partial charge in [-0.2, -0.15) is 0 Å². The van der Waals surface area contributed by atoms with Crippen molar-refractivity contribution < 1.29 is 26.4 Å². The van der Waals surface area contributed by atoms with Crippen LogP contribution in [0.15, 0.2) is 88.0 Å². The predicted octanol–water partition coefficient (Wildman–Crippen LogP) is 6.16. The number of hydrogen-bond donors (Lipinski definition) is 2. The third-order valence-corrected chi connectivity index (χ3v) is 12.0. The molecule has 0 unspecified atom stereocenters. The maximum absolute atomic E-state index is 12.8. The van der Waals surface area contributed by atoms with Gasteiger partial charge < -0.3 is 5.32 Å². The molecule has 47 heavy (non-hydrogen) atoms. The predicted molar refractivity (Wildman–Crippen MR) is 186 cm³/mol. The van der Waals surface area contributed by atoms with Gasteiger partial charge in [-0.15, -0.1) is 11.3 Å². The highest BCUT2D eigenvalue weighted by molar-refractivity contribution is 7.89.